The summed E-state index contributed by atoms with van der Waals surface area (Å²) in [6.45, 7) is 6.47. The Morgan fingerprint density at radius 2 is 2.04 bits per heavy atom. The van der Waals surface area contributed by atoms with Crippen molar-refractivity contribution in [3.05, 3.63) is 46.0 Å². The minimum atomic E-state index is -0.159. The first-order valence-electron chi connectivity index (χ1n) is 9.04. The van der Waals surface area contributed by atoms with E-state index in [4.69, 9.17) is 4.74 Å². The summed E-state index contributed by atoms with van der Waals surface area (Å²) in [6, 6.07) is 7.65. The summed E-state index contributed by atoms with van der Waals surface area (Å²) in [7, 11) is 0. The van der Waals surface area contributed by atoms with Crippen LogP contribution in [0.15, 0.2) is 24.3 Å². The predicted molar refractivity (Wildman–Crippen MR) is 103 cm³/mol. The Labute approximate surface area is 157 Å². The molecule has 0 radical (unpaired) electrons. The molecular formula is C20H24N2O3S. The molecule has 6 heteroatoms. The molecule has 1 N–H and O–H groups in total. The summed E-state index contributed by atoms with van der Waals surface area (Å²) in [5, 5.41) is 3.48. The molecule has 0 saturated carbocycles. The number of carbonyl (C=O) groups is 2. The lowest BCUT2D eigenvalue weighted by Crippen LogP contribution is -2.24. The van der Waals surface area contributed by atoms with Crippen molar-refractivity contribution in [3.63, 3.8) is 0 Å². The summed E-state index contributed by atoms with van der Waals surface area (Å²) in [5.41, 5.74) is 2.81. The first-order valence-corrected chi connectivity index (χ1v) is 9.86. The molecule has 5 nitrogen and oxygen atoms in total. The number of fused-ring (bicyclic) bond motifs is 1. The summed E-state index contributed by atoms with van der Waals surface area (Å²) < 4.78 is 5.13. The van der Waals surface area contributed by atoms with Crippen molar-refractivity contribution in [1.29, 1.82) is 0 Å². The Morgan fingerprint density at radius 3 is 2.69 bits per heavy atom. The molecule has 0 saturated heterocycles. The second-order valence-electron chi connectivity index (χ2n) is 6.81. The molecule has 1 aliphatic carbocycles. The molecule has 2 aromatic rings. The number of ether oxygens (including phenoxy) is 1. The van der Waals surface area contributed by atoms with Gasteiger partial charge in [-0.1, -0.05) is 26.0 Å². The van der Waals surface area contributed by atoms with Crippen LogP contribution in [0.2, 0.25) is 0 Å². The number of hydrogen-bond donors (Lipinski definition) is 1. The molecule has 0 aliphatic heterocycles. The summed E-state index contributed by atoms with van der Waals surface area (Å²) >= 11 is 1.45. The average Bonchev–Trinajstić information content (AvgIpc) is 3.03. The van der Waals surface area contributed by atoms with Crippen molar-refractivity contribution >= 4 is 28.3 Å². The third-order valence-corrected chi connectivity index (χ3v) is 5.65. The number of aryl methyl sites for hydroxylation is 1. The number of esters is 1. The highest BCUT2D eigenvalue weighted by Crippen LogP contribution is 2.33. The lowest BCUT2D eigenvalue weighted by molar-refractivity contribution is -0.148. The van der Waals surface area contributed by atoms with Gasteiger partial charge in [-0.3, -0.25) is 14.9 Å². The lowest BCUT2D eigenvalue weighted by Gasteiger charge is -2.18. The highest BCUT2D eigenvalue weighted by molar-refractivity contribution is 7.15. The maximum absolute atomic E-state index is 12.4. The molecule has 0 fully saturated rings. The molecule has 138 valence electrons. The highest BCUT2D eigenvalue weighted by atomic mass is 32.1. The van der Waals surface area contributed by atoms with Gasteiger partial charge in [0.15, 0.2) is 5.13 Å². The smallest absolute Gasteiger partial charge is 0.309 e. The fraction of sp³-hybridized carbons (Fsp3) is 0.450. The predicted octanol–water partition coefficient (Wildman–Crippen LogP) is 4.19. The van der Waals surface area contributed by atoms with Gasteiger partial charge >= 0.3 is 5.97 Å². The Bertz CT molecular complexity index is 796. The number of thiazole rings is 1. The number of amides is 1. The molecule has 1 amide bonds. The van der Waals surface area contributed by atoms with Gasteiger partial charge in [-0.2, -0.15) is 0 Å². The van der Waals surface area contributed by atoms with Gasteiger partial charge in [0.2, 0.25) is 0 Å². The van der Waals surface area contributed by atoms with Crippen LogP contribution < -0.4 is 5.32 Å². The zero-order chi connectivity index (χ0) is 18.7. The maximum Gasteiger partial charge on any atom is 0.309 e. The summed E-state index contributed by atoms with van der Waals surface area (Å²) in [5.74, 6) is 0.0379. The van der Waals surface area contributed by atoms with Crippen LogP contribution in [0.1, 0.15) is 59.6 Å². The van der Waals surface area contributed by atoms with Gasteiger partial charge in [0.05, 0.1) is 18.2 Å². The van der Waals surface area contributed by atoms with E-state index in [-0.39, 0.29) is 17.8 Å². The lowest BCUT2D eigenvalue weighted by atomic mass is 9.91. The number of benzene rings is 1. The van der Waals surface area contributed by atoms with Crippen molar-refractivity contribution in [3.8, 4) is 0 Å². The SMILES string of the molecule is CCOC(=O)C1CCc2nc(NC(=O)c3ccc(C(C)C)cc3)sc2C1. The Hall–Kier alpha value is -2.21. The molecule has 3 rings (SSSR count). The van der Waals surface area contributed by atoms with Gasteiger partial charge in [-0.05, 0) is 49.8 Å². The van der Waals surface area contributed by atoms with E-state index in [1.54, 1.807) is 0 Å². The minimum Gasteiger partial charge on any atom is -0.466 e. The van der Waals surface area contributed by atoms with Crippen LogP contribution in [0.5, 0.6) is 0 Å². The van der Waals surface area contributed by atoms with Crippen molar-refractivity contribution in [2.75, 3.05) is 11.9 Å². The van der Waals surface area contributed by atoms with Crippen LogP contribution in [0.3, 0.4) is 0 Å². The van der Waals surface area contributed by atoms with E-state index in [1.165, 1.54) is 16.9 Å². The largest absolute Gasteiger partial charge is 0.466 e. The van der Waals surface area contributed by atoms with E-state index in [0.717, 1.165) is 23.4 Å². The number of nitrogens with zero attached hydrogens (tertiary/aromatic N) is 1. The molecule has 1 atom stereocenters. The maximum atomic E-state index is 12.4. The number of rotatable bonds is 5. The quantitative estimate of drug-likeness (QED) is 0.799. The molecular weight excluding hydrogens is 348 g/mol. The first-order chi connectivity index (χ1) is 12.5. The van der Waals surface area contributed by atoms with Crippen LogP contribution in [0.25, 0.3) is 0 Å². The molecule has 1 unspecified atom stereocenters. The number of anilines is 1. The fourth-order valence-corrected chi connectivity index (χ4v) is 4.16. The molecule has 1 aromatic carbocycles. The molecule has 0 bridgehead atoms. The van der Waals surface area contributed by atoms with Gasteiger partial charge in [0.25, 0.3) is 5.91 Å². The number of aromatic nitrogens is 1. The molecule has 26 heavy (non-hydrogen) atoms. The molecule has 0 spiro atoms. The van der Waals surface area contributed by atoms with Crippen LogP contribution in [-0.4, -0.2) is 23.5 Å². The molecule has 1 aliphatic rings. The van der Waals surface area contributed by atoms with Gasteiger partial charge in [-0.25, -0.2) is 4.98 Å². The van der Waals surface area contributed by atoms with E-state index in [0.29, 0.717) is 29.6 Å². The van der Waals surface area contributed by atoms with Crippen molar-refractivity contribution in [1.82, 2.24) is 4.98 Å². The first kappa shape index (κ1) is 18.6. The third-order valence-electron chi connectivity index (χ3n) is 4.62. The van der Waals surface area contributed by atoms with Crippen molar-refractivity contribution in [2.45, 2.75) is 46.0 Å². The minimum absolute atomic E-state index is 0.102. The molecule has 1 aromatic heterocycles. The van der Waals surface area contributed by atoms with Crippen molar-refractivity contribution < 1.29 is 14.3 Å². The summed E-state index contributed by atoms with van der Waals surface area (Å²) in [6.07, 6.45) is 2.14. The van der Waals surface area contributed by atoms with E-state index >= 15 is 0 Å². The zero-order valence-corrected chi connectivity index (χ0v) is 16.2. The number of hydrogen-bond acceptors (Lipinski definition) is 5. The van der Waals surface area contributed by atoms with Gasteiger partial charge in [0.1, 0.15) is 0 Å². The zero-order valence-electron chi connectivity index (χ0n) is 15.4. The van der Waals surface area contributed by atoms with Crippen molar-refractivity contribution in [2.24, 2.45) is 5.92 Å². The second kappa shape index (κ2) is 7.99. The summed E-state index contributed by atoms with van der Waals surface area (Å²) in [4.78, 5) is 30.0. The van der Waals surface area contributed by atoms with E-state index in [9.17, 15) is 9.59 Å². The second-order valence-corrected chi connectivity index (χ2v) is 7.90. The van der Waals surface area contributed by atoms with Crippen LogP contribution in [-0.2, 0) is 22.4 Å². The monoisotopic (exact) mass is 372 g/mol. The van der Waals surface area contributed by atoms with Gasteiger partial charge < -0.3 is 4.74 Å². The van der Waals surface area contributed by atoms with Gasteiger partial charge in [-0.15, -0.1) is 11.3 Å². The van der Waals surface area contributed by atoms with E-state index < -0.39 is 0 Å². The van der Waals surface area contributed by atoms with Crippen LogP contribution in [0.4, 0.5) is 5.13 Å². The van der Waals surface area contributed by atoms with Gasteiger partial charge in [0, 0.05) is 10.4 Å². The van der Waals surface area contributed by atoms with E-state index in [1.807, 2.05) is 31.2 Å². The van der Waals surface area contributed by atoms with Crippen LogP contribution >= 0.6 is 11.3 Å². The standard InChI is InChI=1S/C20H24N2O3S/c1-4-25-19(24)15-9-10-16-17(11-15)26-20(21-16)22-18(23)14-7-5-13(6-8-14)12(2)3/h5-8,12,15H,4,9-11H2,1-3H3,(H,21,22,23). The Balaban J connectivity index is 1.66. The molecule has 1 heterocycles. The number of carbonyl (C=O) groups excluding carboxylic acids is 2. The third kappa shape index (κ3) is 4.12. The average molecular weight is 372 g/mol. The highest BCUT2D eigenvalue weighted by Gasteiger charge is 2.28. The Morgan fingerprint density at radius 1 is 1.31 bits per heavy atom. The fourth-order valence-electron chi connectivity index (χ4n) is 3.08. The van der Waals surface area contributed by atoms with Crippen LogP contribution in [0, 0.1) is 5.92 Å². The number of nitrogens with one attached hydrogen (secondary N) is 1. The topological polar surface area (TPSA) is 68.3 Å². The normalized spacial score (nSPS) is 16.2. The Kier molecular flexibility index (Phi) is 5.71. The van der Waals surface area contributed by atoms with E-state index in [2.05, 4.69) is 24.1 Å².